The van der Waals surface area contributed by atoms with Crippen LogP contribution in [0.15, 0.2) is 36.5 Å². The van der Waals surface area contributed by atoms with E-state index < -0.39 is 0 Å². The van der Waals surface area contributed by atoms with Crippen LogP contribution in [0.25, 0.3) is 0 Å². The first-order chi connectivity index (χ1) is 11.7. The summed E-state index contributed by atoms with van der Waals surface area (Å²) in [6.07, 6.45) is 5.61. The summed E-state index contributed by atoms with van der Waals surface area (Å²) in [5.74, 6) is 1.13. The Morgan fingerprint density at radius 1 is 1.25 bits per heavy atom. The second-order valence-corrected chi connectivity index (χ2v) is 6.13. The van der Waals surface area contributed by atoms with Crippen LogP contribution in [-0.2, 0) is 11.2 Å². The SMILES string of the molecule is N#CCC1CCC(c2ccc(NC(=O)Cc3ccccn3)nn2)C1. The van der Waals surface area contributed by atoms with Gasteiger partial charge in [-0.1, -0.05) is 6.07 Å². The van der Waals surface area contributed by atoms with Crippen molar-refractivity contribution in [1.82, 2.24) is 15.2 Å². The fourth-order valence-electron chi connectivity index (χ4n) is 3.14. The highest BCUT2D eigenvalue weighted by Crippen LogP contribution is 2.38. The maximum Gasteiger partial charge on any atom is 0.231 e. The smallest absolute Gasteiger partial charge is 0.231 e. The monoisotopic (exact) mass is 321 g/mol. The van der Waals surface area contributed by atoms with Gasteiger partial charge in [-0.25, -0.2) is 0 Å². The molecule has 2 aromatic rings. The first-order valence-corrected chi connectivity index (χ1v) is 8.15. The van der Waals surface area contributed by atoms with E-state index in [-0.39, 0.29) is 12.3 Å². The van der Waals surface area contributed by atoms with Gasteiger partial charge in [-0.05, 0) is 49.4 Å². The predicted molar refractivity (Wildman–Crippen MR) is 88.9 cm³/mol. The van der Waals surface area contributed by atoms with Gasteiger partial charge in [0.15, 0.2) is 5.82 Å². The summed E-state index contributed by atoms with van der Waals surface area (Å²) in [6.45, 7) is 0. The molecule has 0 saturated heterocycles. The lowest BCUT2D eigenvalue weighted by molar-refractivity contribution is -0.115. The van der Waals surface area contributed by atoms with Crippen molar-refractivity contribution in [3.63, 3.8) is 0 Å². The molecule has 2 unspecified atom stereocenters. The molecule has 1 saturated carbocycles. The summed E-state index contributed by atoms with van der Waals surface area (Å²) in [5.41, 5.74) is 1.66. The van der Waals surface area contributed by atoms with Crippen LogP contribution in [0.1, 0.15) is 43.0 Å². The number of carbonyl (C=O) groups is 1. The Hall–Kier alpha value is -2.81. The number of carbonyl (C=O) groups excluding carboxylic acids is 1. The van der Waals surface area contributed by atoms with E-state index in [1.165, 1.54) is 0 Å². The van der Waals surface area contributed by atoms with Gasteiger partial charge in [0.2, 0.25) is 5.91 Å². The fourth-order valence-corrected chi connectivity index (χ4v) is 3.14. The molecule has 1 N–H and O–H groups in total. The van der Waals surface area contributed by atoms with Crippen LogP contribution < -0.4 is 5.32 Å². The summed E-state index contributed by atoms with van der Waals surface area (Å²) >= 11 is 0. The molecule has 1 aliphatic carbocycles. The predicted octanol–water partition coefficient (Wildman–Crippen LogP) is 2.85. The third-order valence-electron chi connectivity index (χ3n) is 4.36. The Morgan fingerprint density at radius 3 is 2.88 bits per heavy atom. The van der Waals surface area contributed by atoms with Crippen molar-refractivity contribution in [1.29, 1.82) is 5.26 Å². The van der Waals surface area contributed by atoms with E-state index in [0.29, 0.717) is 29.8 Å². The normalized spacial score (nSPS) is 19.6. The Balaban J connectivity index is 1.55. The van der Waals surface area contributed by atoms with Gasteiger partial charge in [0.05, 0.1) is 18.2 Å². The van der Waals surface area contributed by atoms with E-state index in [2.05, 4.69) is 26.6 Å². The molecule has 2 aromatic heterocycles. The van der Waals surface area contributed by atoms with E-state index >= 15 is 0 Å². The molecule has 3 rings (SSSR count). The molecule has 1 amide bonds. The maximum absolute atomic E-state index is 12.0. The van der Waals surface area contributed by atoms with Gasteiger partial charge >= 0.3 is 0 Å². The van der Waals surface area contributed by atoms with Crippen LogP contribution in [-0.4, -0.2) is 21.1 Å². The van der Waals surface area contributed by atoms with Crippen LogP contribution in [0.5, 0.6) is 0 Å². The highest BCUT2D eigenvalue weighted by Gasteiger charge is 2.26. The third-order valence-corrected chi connectivity index (χ3v) is 4.36. The van der Waals surface area contributed by atoms with Gasteiger partial charge < -0.3 is 5.32 Å². The average Bonchev–Trinajstić information content (AvgIpc) is 3.05. The van der Waals surface area contributed by atoms with Crippen molar-refractivity contribution in [2.45, 2.75) is 38.0 Å². The number of nitriles is 1. The number of hydrogen-bond donors (Lipinski definition) is 1. The molecule has 1 aliphatic rings. The highest BCUT2D eigenvalue weighted by molar-refractivity contribution is 5.90. The van der Waals surface area contributed by atoms with Crippen molar-refractivity contribution in [2.24, 2.45) is 5.92 Å². The van der Waals surface area contributed by atoms with Crippen molar-refractivity contribution >= 4 is 11.7 Å². The molecule has 0 aromatic carbocycles. The topological polar surface area (TPSA) is 91.6 Å². The number of rotatable bonds is 5. The number of pyridine rings is 1. The summed E-state index contributed by atoms with van der Waals surface area (Å²) in [4.78, 5) is 16.1. The van der Waals surface area contributed by atoms with Crippen LogP contribution >= 0.6 is 0 Å². The van der Waals surface area contributed by atoms with E-state index in [4.69, 9.17) is 5.26 Å². The van der Waals surface area contributed by atoms with Gasteiger partial charge in [0.1, 0.15) is 0 Å². The van der Waals surface area contributed by atoms with Crippen molar-refractivity contribution in [3.05, 3.63) is 47.9 Å². The van der Waals surface area contributed by atoms with Gasteiger partial charge in [0.25, 0.3) is 0 Å². The summed E-state index contributed by atoms with van der Waals surface area (Å²) in [5, 5.41) is 19.9. The van der Waals surface area contributed by atoms with Crippen molar-refractivity contribution in [3.8, 4) is 6.07 Å². The number of hydrogen-bond acceptors (Lipinski definition) is 5. The number of aromatic nitrogens is 3. The molecule has 24 heavy (non-hydrogen) atoms. The fraction of sp³-hybridized carbons (Fsp3) is 0.389. The lowest BCUT2D eigenvalue weighted by atomic mass is 10.00. The molecule has 0 radical (unpaired) electrons. The van der Waals surface area contributed by atoms with Gasteiger partial charge in [0, 0.05) is 24.2 Å². The number of nitrogens with zero attached hydrogens (tertiary/aromatic N) is 4. The molecule has 0 spiro atoms. The number of nitrogens with one attached hydrogen (secondary N) is 1. The maximum atomic E-state index is 12.0. The number of anilines is 1. The number of amides is 1. The highest BCUT2D eigenvalue weighted by atomic mass is 16.1. The summed E-state index contributed by atoms with van der Waals surface area (Å²) in [7, 11) is 0. The van der Waals surface area contributed by atoms with Crippen molar-refractivity contribution < 1.29 is 4.79 Å². The molecular weight excluding hydrogens is 302 g/mol. The molecule has 122 valence electrons. The van der Waals surface area contributed by atoms with E-state index in [1.807, 2.05) is 24.3 Å². The zero-order valence-corrected chi connectivity index (χ0v) is 13.4. The minimum atomic E-state index is -0.161. The molecule has 6 nitrogen and oxygen atoms in total. The third kappa shape index (κ3) is 4.13. The molecular formula is C18H19N5O. The largest absolute Gasteiger partial charge is 0.309 e. The molecule has 2 atom stereocenters. The minimum Gasteiger partial charge on any atom is -0.309 e. The molecule has 1 fully saturated rings. The van der Waals surface area contributed by atoms with Crippen LogP contribution in [0, 0.1) is 17.2 Å². The minimum absolute atomic E-state index is 0.161. The molecule has 6 heteroatoms. The van der Waals surface area contributed by atoms with E-state index in [0.717, 1.165) is 25.0 Å². The summed E-state index contributed by atoms with van der Waals surface area (Å²) < 4.78 is 0. The van der Waals surface area contributed by atoms with Gasteiger partial charge in [-0.2, -0.15) is 10.4 Å². The van der Waals surface area contributed by atoms with Gasteiger partial charge in [-0.3, -0.25) is 9.78 Å². The Morgan fingerprint density at radius 2 is 2.17 bits per heavy atom. The molecule has 0 bridgehead atoms. The standard InChI is InChI=1S/C18H19N5O/c19-9-8-13-4-5-14(11-13)16-6-7-17(23-22-16)21-18(24)12-15-3-1-2-10-20-15/h1-3,6-7,10,13-14H,4-5,8,11-12H2,(H,21,23,24). The molecule has 0 aliphatic heterocycles. The zero-order valence-electron chi connectivity index (χ0n) is 13.4. The Bertz CT molecular complexity index is 723. The lowest BCUT2D eigenvalue weighted by Crippen LogP contribution is -2.16. The average molecular weight is 321 g/mol. The van der Waals surface area contributed by atoms with E-state index in [1.54, 1.807) is 12.3 Å². The zero-order chi connectivity index (χ0) is 16.8. The second-order valence-electron chi connectivity index (χ2n) is 6.13. The quantitative estimate of drug-likeness (QED) is 0.914. The lowest BCUT2D eigenvalue weighted by Gasteiger charge is -2.09. The molecule has 2 heterocycles. The second kappa shape index (κ2) is 7.64. The van der Waals surface area contributed by atoms with E-state index in [9.17, 15) is 4.79 Å². The Kier molecular flexibility index (Phi) is 5.12. The first kappa shape index (κ1) is 16.1. The van der Waals surface area contributed by atoms with Crippen LogP contribution in [0.2, 0.25) is 0 Å². The van der Waals surface area contributed by atoms with Crippen molar-refractivity contribution in [2.75, 3.05) is 5.32 Å². The van der Waals surface area contributed by atoms with Crippen LogP contribution in [0.4, 0.5) is 5.82 Å². The van der Waals surface area contributed by atoms with Crippen LogP contribution in [0.3, 0.4) is 0 Å². The Labute approximate surface area is 140 Å². The first-order valence-electron chi connectivity index (χ1n) is 8.15. The summed E-state index contributed by atoms with van der Waals surface area (Å²) in [6, 6.07) is 11.4. The van der Waals surface area contributed by atoms with Gasteiger partial charge in [-0.15, -0.1) is 5.10 Å².